The molecule has 2 unspecified atom stereocenters. The van der Waals surface area contributed by atoms with E-state index in [1.54, 1.807) is 0 Å². The van der Waals surface area contributed by atoms with Gasteiger partial charge >= 0.3 is 0 Å². The molecule has 3 rings (SSSR count). The van der Waals surface area contributed by atoms with Crippen molar-refractivity contribution in [3.63, 3.8) is 0 Å². The van der Waals surface area contributed by atoms with Gasteiger partial charge in [-0.05, 0) is 32.1 Å². The molecule has 152 valence electrons. The molecular weight excluding hydrogens is 375 g/mol. The standard InChI is InChI=1S/C18H32N4O2.2ClH/c19-16-6-5-15(13-16)18(24)22-11-9-20(10-12-22)14-17(23)21-7-3-1-2-4-8-21;;/h15-16H,1-14,19H2;2*1H. The number of piperazine rings is 1. The second-order valence-corrected chi connectivity index (χ2v) is 7.67. The van der Waals surface area contributed by atoms with Crippen molar-refractivity contribution in [1.29, 1.82) is 0 Å². The van der Waals surface area contributed by atoms with E-state index in [1.165, 1.54) is 12.8 Å². The van der Waals surface area contributed by atoms with Crippen LogP contribution in [0.4, 0.5) is 0 Å². The summed E-state index contributed by atoms with van der Waals surface area (Å²) in [7, 11) is 0. The number of halogens is 2. The molecule has 0 aromatic heterocycles. The fourth-order valence-electron chi connectivity index (χ4n) is 4.24. The topological polar surface area (TPSA) is 69.9 Å². The van der Waals surface area contributed by atoms with Crippen LogP contribution in [0.15, 0.2) is 0 Å². The minimum absolute atomic E-state index is 0. The van der Waals surface area contributed by atoms with Gasteiger partial charge in [-0.25, -0.2) is 0 Å². The minimum atomic E-state index is 0. The van der Waals surface area contributed by atoms with Crippen molar-refractivity contribution in [2.75, 3.05) is 45.8 Å². The Morgan fingerprint density at radius 3 is 1.96 bits per heavy atom. The van der Waals surface area contributed by atoms with Crippen molar-refractivity contribution < 1.29 is 9.59 Å². The fourth-order valence-corrected chi connectivity index (χ4v) is 4.24. The first-order chi connectivity index (χ1) is 11.6. The first-order valence-electron chi connectivity index (χ1n) is 9.68. The van der Waals surface area contributed by atoms with Gasteiger partial charge in [-0.15, -0.1) is 24.8 Å². The maximum absolute atomic E-state index is 12.5. The van der Waals surface area contributed by atoms with Gasteiger partial charge < -0.3 is 15.5 Å². The Morgan fingerprint density at radius 2 is 1.42 bits per heavy atom. The van der Waals surface area contributed by atoms with E-state index < -0.39 is 0 Å². The number of carbonyl (C=O) groups is 2. The van der Waals surface area contributed by atoms with Crippen molar-refractivity contribution in [1.82, 2.24) is 14.7 Å². The highest BCUT2D eigenvalue weighted by atomic mass is 35.5. The molecule has 2 aliphatic heterocycles. The summed E-state index contributed by atoms with van der Waals surface area (Å²) in [5, 5.41) is 0. The molecule has 0 aromatic carbocycles. The number of hydrogen-bond donors (Lipinski definition) is 1. The van der Waals surface area contributed by atoms with E-state index in [0.717, 1.165) is 71.4 Å². The van der Waals surface area contributed by atoms with E-state index in [2.05, 4.69) is 4.90 Å². The summed E-state index contributed by atoms with van der Waals surface area (Å²) in [5.74, 6) is 0.671. The van der Waals surface area contributed by atoms with Crippen molar-refractivity contribution in [2.45, 2.75) is 51.0 Å². The molecule has 2 heterocycles. The maximum atomic E-state index is 12.5. The maximum Gasteiger partial charge on any atom is 0.236 e. The monoisotopic (exact) mass is 408 g/mol. The van der Waals surface area contributed by atoms with Gasteiger partial charge in [0.15, 0.2) is 0 Å². The van der Waals surface area contributed by atoms with Crippen molar-refractivity contribution in [3.8, 4) is 0 Å². The summed E-state index contributed by atoms with van der Waals surface area (Å²) in [6.07, 6.45) is 7.51. The smallest absolute Gasteiger partial charge is 0.236 e. The third kappa shape index (κ3) is 6.25. The largest absolute Gasteiger partial charge is 0.342 e. The van der Waals surface area contributed by atoms with Gasteiger partial charge in [0.25, 0.3) is 0 Å². The minimum Gasteiger partial charge on any atom is -0.342 e. The van der Waals surface area contributed by atoms with Crippen LogP contribution in [-0.4, -0.2) is 78.4 Å². The van der Waals surface area contributed by atoms with Crippen LogP contribution in [0, 0.1) is 5.92 Å². The molecule has 3 aliphatic rings. The lowest BCUT2D eigenvalue weighted by molar-refractivity contribution is -0.138. The average Bonchev–Trinajstić information content (AvgIpc) is 2.85. The molecule has 2 amide bonds. The van der Waals surface area contributed by atoms with Crippen LogP contribution in [0.25, 0.3) is 0 Å². The predicted molar refractivity (Wildman–Crippen MR) is 108 cm³/mol. The molecule has 2 N–H and O–H groups in total. The van der Waals surface area contributed by atoms with E-state index in [-0.39, 0.29) is 48.6 Å². The number of nitrogens with zero attached hydrogens (tertiary/aromatic N) is 3. The van der Waals surface area contributed by atoms with Crippen molar-refractivity contribution in [3.05, 3.63) is 0 Å². The van der Waals surface area contributed by atoms with Crippen LogP contribution >= 0.6 is 24.8 Å². The van der Waals surface area contributed by atoms with Gasteiger partial charge in [0.1, 0.15) is 0 Å². The number of likely N-dealkylation sites (tertiary alicyclic amines) is 1. The van der Waals surface area contributed by atoms with E-state index in [0.29, 0.717) is 6.54 Å². The van der Waals surface area contributed by atoms with Crippen LogP contribution in [0.2, 0.25) is 0 Å². The Kier molecular flexibility index (Phi) is 10.2. The van der Waals surface area contributed by atoms with Crippen LogP contribution in [0.5, 0.6) is 0 Å². The van der Waals surface area contributed by atoms with Gasteiger partial charge in [-0.2, -0.15) is 0 Å². The molecule has 0 bridgehead atoms. The molecule has 3 fully saturated rings. The zero-order valence-electron chi connectivity index (χ0n) is 15.6. The Labute approximate surface area is 169 Å². The summed E-state index contributed by atoms with van der Waals surface area (Å²) in [5.41, 5.74) is 5.93. The first kappa shape index (κ1) is 23.5. The zero-order valence-corrected chi connectivity index (χ0v) is 17.2. The van der Waals surface area contributed by atoms with Gasteiger partial charge in [0.2, 0.25) is 11.8 Å². The number of nitrogens with two attached hydrogens (primary N) is 1. The van der Waals surface area contributed by atoms with E-state index >= 15 is 0 Å². The second kappa shape index (κ2) is 11.3. The molecular formula is C18H34Cl2N4O2. The fraction of sp³-hybridized carbons (Fsp3) is 0.889. The summed E-state index contributed by atoms with van der Waals surface area (Å²) in [6.45, 7) is 5.46. The molecule has 0 aromatic rings. The molecule has 0 spiro atoms. The zero-order chi connectivity index (χ0) is 16.9. The third-order valence-corrected chi connectivity index (χ3v) is 5.82. The molecule has 1 aliphatic carbocycles. The van der Waals surface area contributed by atoms with Gasteiger partial charge in [0, 0.05) is 51.2 Å². The van der Waals surface area contributed by atoms with Crippen LogP contribution in [0.3, 0.4) is 0 Å². The first-order valence-corrected chi connectivity index (χ1v) is 9.68. The molecule has 2 atom stereocenters. The Balaban J connectivity index is 0.00000169. The highest BCUT2D eigenvalue weighted by Gasteiger charge is 2.32. The lowest BCUT2D eigenvalue weighted by Crippen LogP contribution is -2.52. The van der Waals surface area contributed by atoms with Crippen molar-refractivity contribution >= 4 is 36.6 Å². The number of rotatable bonds is 3. The molecule has 8 heteroatoms. The Morgan fingerprint density at radius 1 is 0.808 bits per heavy atom. The quantitative estimate of drug-likeness (QED) is 0.767. The van der Waals surface area contributed by atoms with Crippen LogP contribution < -0.4 is 5.73 Å². The summed E-state index contributed by atoms with van der Waals surface area (Å²) < 4.78 is 0. The molecule has 26 heavy (non-hydrogen) atoms. The second-order valence-electron chi connectivity index (χ2n) is 7.67. The Hall–Kier alpha value is -0.560. The predicted octanol–water partition coefficient (Wildman–Crippen LogP) is 1.50. The summed E-state index contributed by atoms with van der Waals surface area (Å²) >= 11 is 0. The number of hydrogen-bond acceptors (Lipinski definition) is 4. The van der Waals surface area contributed by atoms with Gasteiger partial charge in [0.05, 0.1) is 6.54 Å². The normalized spacial score (nSPS) is 27.3. The molecule has 2 saturated heterocycles. The van der Waals surface area contributed by atoms with Crippen LogP contribution in [0.1, 0.15) is 44.9 Å². The highest BCUT2D eigenvalue weighted by Crippen LogP contribution is 2.26. The van der Waals surface area contributed by atoms with E-state index in [4.69, 9.17) is 5.73 Å². The molecule has 6 nitrogen and oxygen atoms in total. The Bertz CT molecular complexity index is 450. The van der Waals surface area contributed by atoms with Crippen LogP contribution in [-0.2, 0) is 9.59 Å². The lowest BCUT2D eigenvalue weighted by atomic mass is 10.1. The number of carbonyl (C=O) groups excluding carboxylic acids is 2. The summed E-state index contributed by atoms with van der Waals surface area (Å²) in [6, 6.07) is 0.200. The highest BCUT2D eigenvalue weighted by molar-refractivity contribution is 5.85. The van der Waals surface area contributed by atoms with Gasteiger partial charge in [-0.1, -0.05) is 12.8 Å². The van der Waals surface area contributed by atoms with Crippen molar-refractivity contribution in [2.24, 2.45) is 11.7 Å². The summed E-state index contributed by atoms with van der Waals surface area (Å²) in [4.78, 5) is 31.2. The molecule has 1 saturated carbocycles. The lowest BCUT2D eigenvalue weighted by Gasteiger charge is -2.36. The number of amides is 2. The SMILES string of the molecule is Cl.Cl.NC1CCC(C(=O)N2CCN(CC(=O)N3CCCCCC3)CC2)C1. The van der Waals surface area contributed by atoms with E-state index in [1.807, 2.05) is 9.80 Å². The third-order valence-electron chi connectivity index (χ3n) is 5.82. The van der Waals surface area contributed by atoms with Gasteiger partial charge in [-0.3, -0.25) is 14.5 Å². The van der Waals surface area contributed by atoms with E-state index in [9.17, 15) is 9.59 Å². The molecule has 0 radical (unpaired) electrons. The average molecular weight is 409 g/mol.